The molecule has 2 nitrogen and oxygen atoms in total. The zero-order valence-electron chi connectivity index (χ0n) is 2.97. The van der Waals surface area contributed by atoms with Crippen molar-refractivity contribution in [1.29, 1.82) is 0 Å². The number of alkyl halides is 1. The highest BCUT2D eigenvalue weighted by Gasteiger charge is 2.02. The second-order valence-electron chi connectivity index (χ2n) is 0.862. The predicted molar refractivity (Wildman–Crippen MR) is 26.6 cm³/mol. The SMILES string of the molecule is BrC1N=C[CH]O1. The van der Waals surface area contributed by atoms with Crippen LogP contribution in [-0.4, -0.2) is 11.4 Å². The van der Waals surface area contributed by atoms with Crippen LogP contribution in [-0.2, 0) is 4.74 Å². The summed E-state index contributed by atoms with van der Waals surface area (Å²) in [7, 11) is 0. The van der Waals surface area contributed by atoms with Crippen LogP contribution in [0.25, 0.3) is 0 Å². The average Bonchev–Trinajstić information content (AvgIpc) is 1.86. The molecule has 1 atom stereocenters. The molecule has 6 heavy (non-hydrogen) atoms. The van der Waals surface area contributed by atoms with Crippen molar-refractivity contribution in [2.75, 3.05) is 0 Å². The van der Waals surface area contributed by atoms with Crippen molar-refractivity contribution < 1.29 is 4.74 Å². The van der Waals surface area contributed by atoms with Crippen molar-refractivity contribution in [3.8, 4) is 0 Å². The van der Waals surface area contributed by atoms with Crippen LogP contribution in [0.15, 0.2) is 4.99 Å². The standard InChI is InChI=1S/C3H3BrNO/c4-3-5-1-2-6-3/h1-3H. The molecule has 0 aliphatic carbocycles. The molecule has 0 aromatic rings. The van der Waals surface area contributed by atoms with Gasteiger partial charge in [0.15, 0.2) is 0 Å². The van der Waals surface area contributed by atoms with E-state index in [1.807, 2.05) is 0 Å². The first-order valence-corrected chi connectivity index (χ1v) is 2.46. The fourth-order valence-electron chi connectivity index (χ4n) is 0.238. The molecular weight excluding hydrogens is 146 g/mol. The fourth-order valence-corrected chi connectivity index (χ4v) is 0.499. The molecule has 3 heteroatoms. The van der Waals surface area contributed by atoms with E-state index in [0.29, 0.717) is 0 Å². The van der Waals surface area contributed by atoms with Crippen LogP contribution >= 0.6 is 15.9 Å². The molecule has 1 unspecified atom stereocenters. The summed E-state index contributed by atoms with van der Waals surface area (Å²) >= 11 is 3.09. The van der Waals surface area contributed by atoms with E-state index in [9.17, 15) is 0 Å². The van der Waals surface area contributed by atoms with Crippen molar-refractivity contribution >= 4 is 22.1 Å². The van der Waals surface area contributed by atoms with E-state index in [0.717, 1.165) is 0 Å². The van der Waals surface area contributed by atoms with E-state index in [1.165, 1.54) is 0 Å². The minimum absolute atomic E-state index is 0.127. The summed E-state index contributed by atoms with van der Waals surface area (Å²) in [5.41, 5.74) is 0. The van der Waals surface area contributed by atoms with Crippen molar-refractivity contribution in [1.82, 2.24) is 0 Å². The molecule has 0 N–H and O–H groups in total. The van der Waals surface area contributed by atoms with Gasteiger partial charge >= 0.3 is 0 Å². The summed E-state index contributed by atoms with van der Waals surface area (Å²) in [6, 6.07) is 0. The van der Waals surface area contributed by atoms with Gasteiger partial charge in [-0.25, -0.2) is 0 Å². The predicted octanol–water partition coefficient (Wildman–Crippen LogP) is 0.928. The fraction of sp³-hybridized carbons (Fsp3) is 0.333. The van der Waals surface area contributed by atoms with E-state index in [2.05, 4.69) is 20.9 Å². The van der Waals surface area contributed by atoms with Crippen molar-refractivity contribution in [3.05, 3.63) is 6.61 Å². The Morgan fingerprint density at radius 2 is 2.67 bits per heavy atom. The monoisotopic (exact) mass is 148 g/mol. The summed E-state index contributed by atoms with van der Waals surface area (Å²) in [5.74, 6) is 0. The summed E-state index contributed by atoms with van der Waals surface area (Å²) in [6.07, 6.45) is 1.61. The van der Waals surface area contributed by atoms with Gasteiger partial charge in [0.1, 0.15) is 6.61 Å². The van der Waals surface area contributed by atoms with Gasteiger partial charge in [0.25, 0.3) is 0 Å². The van der Waals surface area contributed by atoms with Crippen LogP contribution in [0.1, 0.15) is 0 Å². The van der Waals surface area contributed by atoms with Crippen LogP contribution in [0, 0.1) is 6.61 Å². The number of ether oxygens (including phenoxy) is 1. The highest BCUT2D eigenvalue weighted by atomic mass is 79.9. The third kappa shape index (κ3) is 0.786. The quantitative estimate of drug-likeness (QED) is 0.370. The molecule has 1 aliphatic rings. The number of halogens is 1. The number of hydrogen-bond acceptors (Lipinski definition) is 2. The molecule has 0 amide bonds. The van der Waals surface area contributed by atoms with Crippen molar-refractivity contribution in [2.24, 2.45) is 4.99 Å². The summed E-state index contributed by atoms with van der Waals surface area (Å²) in [4.78, 5) is 3.75. The van der Waals surface area contributed by atoms with E-state index in [-0.39, 0.29) is 5.14 Å². The van der Waals surface area contributed by atoms with Crippen LogP contribution in [0.5, 0.6) is 0 Å². The molecule has 1 heterocycles. The number of aliphatic imine (C=N–C) groups is 1. The first kappa shape index (κ1) is 4.27. The first-order chi connectivity index (χ1) is 2.89. The lowest BCUT2D eigenvalue weighted by atomic mass is 10.8. The molecule has 0 saturated heterocycles. The van der Waals surface area contributed by atoms with Crippen molar-refractivity contribution in [3.63, 3.8) is 0 Å². The smallest absolute Gasteiger partial charge is 0.205 e. The minimum atomic E-state index is -0.127. The van der Waals surface area contributed by atoms with E-state index in [4.69, 9.17) is 4.74 Å². The Morgan fingerprint density at radius 3 is 2.83 bits per heavy atom. The number of rotatable bonds is 0. The molecule has 0 fully saturated rings. The molecular formula is C3H3BrNO. The molecule has 1 aliphatic heterocycles. The summed E-state index contributed by atoms with van der Waals surface area (Å²) in [6.45, 7) is 1.54. The maximum Gasteiger partial charge on any atom is 0.205 e. The van der Waals surface area contributed by atoms with Crippen LogP contribution in [0.4, 0.5) is 0 Å². The second kappa shape index (κ2) is 1.71. The molecule has 0 saturated carbocycles. The number of nitrogens with zero attached hydrogens (tertiary/aromatic N) is 1. The molecule has 0 aromatic carbocycles. The largest absolute Gasteiger partial charge is 0.335 e. The summed E-state index contributed by atoms with van der Waals surface area (Å²) < 4.78 is 4.72. The van der Waals surface area contributed by atoms with Gasteiger partial charge in [-0.2, -0.15) is 0 Å². The van der Waals surface area contributed by atoms with E-state index >= 15 is 0 Å². The van der Waals surface area contributed by atoms with Crippen LogP contribution in [0.2, 0.25) is 0 Å². The van der Waals surface area contributed by atoms with Crippen molar-refractivity contribution in [2.45, 2.75) is 5.14 Å². The molecule has 1 rings (SSSR count). The lowest BCUT2D eigenvalue weighted by Gasteiger charge is -1.89. The van der Waals surface area contributed by atoms with Gasteiger partial charge < -0.3 is 4.74 Å². The van der Waals surface area contributed by atoms with Gasteiger partial charge in [-0.15, -0.1) is 0 Å². The third-order valence-electron chi connectivity index (χ3n) is 0.455. The van der Waals surface area contributed by atoms with E-state index in [1.54, 1.807) is 12.8 Å². The molecule has 0 spiro atoms. The molecule has 0 bridgehead atoms. The zero-order valence-corrected chi connectivity index (χ0v) is 4.55. The highest BCUT2D eigenvalue weighted by molar-refractivity contribution is 9.09. The Kier molecular flexibility index (Phi) is 1.22. The van der Waals surface area contributed by atoms with Gasteiger partial charge in [-0.05, 0) is 15.9 Å². The normalized spacial score (nSPS) is 31.8. The summed E-state index contributed by atoms with van der Waals surface area (Å²) in [5, 5.41) is -0.127. The topological polar surface area (TPSA) is 21.6 Å². The van der Waals surface area contributed by atoms with Crippen LogP contribution in [0.3, 0.4) is 0 Å². The average molecular weight is 149 g/mol. The van der Waals surface area contributed by atoms with E-state index < -0.39 is 0 Å². The highest BCUT2D eigenvalue weighted by Crippen LogP contribution is 2.08. The maximum absolute atomic E-state index is 4.72. The third-order valence-corrected chi connectivity index (χ3v) is 0.907. The second-order valence-corrected chi connectivity index (χ2v) is 1.65. The van der Waals surface area contributed by atoms with Gasteiger partial charge in [-0.1, -0.05) is 0 Å². The lowest BCUT2D eigenvalue weighted by molar-refractivity contribution is 0.230. The molecule has 0 aromatic heterocycles. The lowest BCUT2D eigenvalue weighted by Crippen LogP contribution is -1.86. The number of hydrogen-bond donors (Lipinski definition) is 0. The Balaban J connectivity index is 2.38. The van der Waals surface area contributed by atoms with Gasteiger partial charge in [0.05, 0.1) is 0 Å². The first-order valence-electron chi connectivity index (χ1n) is 1.54. The zero-order chi connectivity index (χ0) is 4.41. The maximum atomic E-state index is 4.72. The Bertz CT molecular complexity index is 73.2. The minimum Gasteiger partial charge on any atom is -0.335 e. The molecule has 1 radical (unpaired) electrons. The molecule has 33 valence electrons. The Labute approximate surface area is 44.3 Å². The van der Waals surface area contributed by atoms with Crippen LogP contribution < -0.4 is 0 Å². The Hall–Kier alpha value is 0.110. The van der Waals surface area contributed by atoms with Gasteiger partial charge in [0.2, 0.25) is 5.14 Å². The van der Waals surface area contributed by atoms with Gasteiger partial charge in [-0.3, -0.25) is 4.99 Å². The Morgan fingerprint density at radius 1 is 1.83 bits per heavy atom. The van der Waals surface area contributed by atoms with Gasteiger partial charge in [0, 0.05) is 6.21 Å².